The quantitative estimate of drug-likeness (QED) is 0.563. The van der Waals surface area contributed by atoms with Gasteiger partial charge in [0.05, 0.1) is 0 Å². The van der Waals surface area contributed by atoms with Gasteiger partial charge in [-0.3, -0.25) is 0 Å². The number of fused-ring (bicyclic) bond motifs is 2. The number of cyclic esters (lactones) is 1. The maximum absolute atomic E-state index is 12.6. The fraction of sp³-hybridized carbons (Fsp3) is 0.500. The van der Waals surface area contributed by atoms with Crippen LogP contribution in [-0.2, 0) is 19.1 Å². The fourth-order valence-electron chi connectivity index (χ4n) is 5.91. The van der Waals surface area contributed by atoms with Crippen molar-refractivity contribution in [2.45, 2.75) is 52.6 Å². The highest BCUT2D eigenvalue weighted by Crippen LogP contribution is 2.61. The van der Waals surface area contributed by atoms with Gasteiger partial charge < -0.3 is 9.47 Å². The summed E-state index contributed by atoms with van der Waals surface area (Å²) in [6, 6.07) is 9.72. The molecule has 0 bridgehead atoms. The second kappa shape index (κ2) is 6.91. The van der Waals surface area contributed by atoms with E-state index in [0.717, 1.165) is 36.0 Å². The standard InChI is InChI=1S/C24H28O4/c1-23(2)12-7-13-24(3)20-17(15-27-22(20)26)14-18(21(23)24)28-19(25)11-10-16-8-5-4-6-9-16/h4-6,8-11,18,21H,7,12-15H2,1-3H3/b11-10+/t18-,21-,24+/m0/s1. The van der Waals surface area contributed by atoms with Gasteiger partial charge in [0.15, 0.2) is 0 Å². The molecule has 0 N–H and O–H groups in total. The molecule has 1 aliphatic heterocycles. The smallest absolute Gasteiger partial charge is 0.334 e. The minimum Gasteiger partial charge on any atom is -0.459 e. The lowest BCUT2D eigenvalue weighted by atomic mass is 9.49. The van der Waals surface area contributed by atoms with Gasteiger partial charge in [-0.2, -0.15) is 0 Å². The Bertz CT molecular complexity index is 849. The highest BCUT2D eigenvalue weighted by Gasteiger charge is 2.59. The molecule has 0 spiro atoms. The first-order valence-corrected chi connectivity index (χ1v) is 10.1. The van der Waals surface area contributed by atoms with Crippen LogP contribution in [0.3, 0.4) is 0 Å². The van der Waals surface area contributed by atoms with Gasteiger partial charge in [0.1, 0.15) is 12.7 Å². The zero-order valence-corrected chi connectivity index (χ0v) is 16.9. The molecular weight excluding hydrogens is 352 g/mol. The van der Waals surface area contributed by atoms with Gasteiger partial charge in [-0.15, -0.1) is 0 Å². The molecule has 4 rings (SSSR count). The summed E-state index contributed by atoms with van der Waals surface area (Å²) in [6.45, 7) is 6.98. The molecule has 0 amide bonds. The molecule has 0 radical (unpaired) electrons. The normalized spacial score (nSPS) is 31.3. The Kier molecular flexibility index (Phi) is 4.68. The van der Waals surface area contributed by atoms with Crippen molar-refractivity contribution in [3.05, 3.63) is 53.1 Å². The van der Waals surface area contributed by atoms with Crippen LogP contribution in [0, 0.1) is 16.7 Å². The molecule has 1 fully saturated rings. The molecule has 2 aliphatic carbocycles. The third-order valence-corrected chi connectivity index (χ3v) is 6.85. The fourth-order valence-corrected chi connectivity index (χ4v) is 5.91. The predicted molar refractivity (Wildman–Crippen MR) is 107 cm³/mol. The molecule has 0 aromatic heterocycles. The Labute approximate surface area is 166 Å². The Hall–Kier alpha value is -2.36. The van der Waals surface area contributed by atoms with E-state index in [9.17, 15) is 9.59 Å². The highest BCUT2D eigenvalue weighted by atomic mass is 16.5. The van der Waals surface area contributed by atoms with E-state index in [0.29, 0.717) is 13.0 Å². The number of hydrogen-bond donors (Lipinski definition) is 0. The van der Waals surface area contributed by atoms with Crippen LogP contribution in [0.1, 0.15) is 52.0 Å². The first-order chi connectivity index (χ1) is 13.3. The molecule has 4 heteroatoms. The molecule has 4 nitrogen and oxygen atoms in total. The van der Waals surface area contributed by atoms with E-state index in [-0.39, 0.29) is 34.8 Å². The van der Waals surface area contributed by atoms with Crippen LogP contribution < -0.4 is 0 Å². The van der Waals surface area contributed by atoms with Crippen molar-refractivity contribution in [1.82, 2.24) is 0 Å². The number of rotatable bonds is 3. The molecule has 3 atom stereocenters. The van der Waals surface area contributed by atoms with E-state index in [1.807, 2.05) is 30.3 Å². The summed E-state index contributed by atoms with van der Waals surface area (Å²) in [5.74, 6) is -0.395. The minimum absolute atomic E-state index is 0.0114. The van der Waals surface area contributed by atoms with Gasteiger partial charge in [0.2, 0.25) is 0 Å². The van der Waals surface area contributed by atoms with E-state index in [2.05, 4.69) is 20.8 Å². The molecule has 3 aliphatic rings. The van der Waals surface area contributed by atoms with Crippen LogP contribution in [0.4, 0.5) is 0 Å². The summed E-state index contributed by atoms with van der Waals surface area (Å²) in [7, 11) is 0. The Morgan fingerprint density at radius 2 is 1.93 bits per heavy atom. The zero-order chi connectivity index (χ0) is 19.9. The van der Waals surface area contributed by atoms with Crippen molar-refractivity contribution in [2.24, 2.45) is 16.7 Å². The van der Waals surface area contributed by atoms with E-state index in [4.69, 9.17) is 9.47 Å². The van der Waals surface area contributed by atoms with Gasteiger partial charge in [-0.1, -0.05) is 57.5 Å². The first kappa shape index (κ1) is 19.0. The maximum atomic E-state index is 12.6. The molecule has 1 aromatic carbocycles. The molecule has 0 unspecified atom stereocenters. The first-order valence-electron chi connectivity index (χ1n) is 10.1. The topological polar surface area (TPSA) is 52.6 Å². The molecule has 1 heterocycles. The minimum atomic E-state index is -0.327. The number of esters is 2. The maximum Gasteiger partial charge on any atom is 0.334 e. The Balaban J connectivity index is 1.61. The van der Waals surface area contributed by atoms with Crippen LogP contribution in [0.2, 0.25) is 0 Å². The largest absolute Gasteiger partial charge is 0.459 e. The van der Waals surface area contributed by atoms with Crippen molar-refractivity contribution < 1.29 is 19.1 Å². The van der Waals surface area contributed by atoms with E-state index in [1.54, 1.807) is 6.08 Å². The third-order valence-electron chi connectivity index (χ3n) is 6.85. The summed E-state index contributed by atoms with van der Waals surface area (Å²) < 4.78 is 11.4. The highest BCUT2D eigenvalue weighted by molar-refractivity contribution is 5.94. The zero-order valence-electron chi connectivity index (χ0n) is 16.9. The summed E-state index contributed by atoms with van der Waals surface area (Å²) in [5.41, 5.74) is 2.54. The molecular formula is C24H28O4. The van der Waals surface area contributed by atoms with Gasteiger partial charge >= 0.3 is 11.9 Å². The average molecular weight is 380 g/mol. The van der Waals surface area contributed by atoms with Crippen LogP contribution in [0.15, 0.2) is 47.6 Å². The van der Waals surface area contributed by atoms with Crippen LogP contribution in [0.5, 0.6) is 0 Å². The lowest BCUT2D eigenvalue weighted by Gasteiger charge is -2.55. The van der Waals surface area contributed by atoms with E-state index >= 15 is 0 Å². The second-order valence-corrected chi connectivity index (χ2v) is 9.22. The Morgan fingerprint density at radius 1 is 1.18 bits per heavy atom. The van der Waals surface area contributed by atoms with Crippen LogP contribution >= 0.6 is 0 Å². The summed E-state index contributed by atoms with van der Waals surface area (Å²) >= 11 is 0. The van der Waals surface area contributed by atoms with Crippen LogP contribution in [-0.4, -0.2) is 24.6 Å². The second-order valence-electron chi connectivity index (χ2n) is 9.22. The summed E-state index contributed by atoms with van der Waals surface area (Å²) in [6.07, 6.45) is 6.71. The lowest BCUT2D eigenvalue weighted by Crippen LogP contribution is -2.53. The number of carbonyl (C=O) groups excluding carboxylic acids is 2. The van der Waals surface area contributed by atoms with Crippen molar-refractivity contribution in [3.63, 3.8) is 0 Å². The number of hydrogen-bond acceptors (Lipinski definition) is 4. The SMILES string of the molecule is CC1(C)CCC[C@]2(C)C3=C(COC3=O)C[C@H](OC(=O)/C=C/c3ccccc3)[C@@H]12. The molecule has 0 saturated heterocycles. The monoisotopic (exact) mass is 380 g/mol. The third kappa shape index (κ3) is 3.19. The van der Waals surface area contributed by atoms with E-state index in [1.165, 1.54) is 6.08 Å². The van der Waals surface area contributed by atoms with Crippen molar-refractivity contribution in [3.8, 4) is 0 Å². The molecule has 1 aromatic rings. The molecule has 28 heavy (non-hydrogen) atoms. The van der Waals surface area contributed by atoms with Crippen LogP contribution in [0.25, 0.3) is 6.08 Å². The van der Waals surface area contributed by atoms with Gasteiger partial charge in [-0.25, -0.2) is 9.59 Å². The summed E-state index contributed by atoms with van der Waals surface area (Å²) in [4.78, 5) is 25.1. The van der Waals surface area contributed by atoms with Crippen molar-refractivity contribution in [1.29, 1.82) is 0 Å². The van der Waals surface area contributed by atoms with Gasteiger partial charge in [-0.05, 0) is 35.5 Å². The Morgan fingerprint density at radius 3 is 2.68 bits per heavy atom. The number of carbonyl (C=O) groups is 2. The van der Waals surface area contributed by atoms with E-state index < -0.39 is 0 Å². The number of benzene rings is 1. The van der Waals surface area contributed by atoms with Gasteiger partial charge in [0, 0.05) is 29.4 Å². The van der Waals surface area contributed by atoms with Crippen molar-refractivity contribution >= 4 is 18.0 Å². The summed E-state index contributed by atoms with van der Waals surface area (Å²) in [5, 5.41) is 0. The molecule has 1 saturated carbocycles. The van der Waals surface area contributed by atoms with Gasteiger partial charge in [0.25, 0.3) is 0 Å². The predicted octanol–water partition coefficient (Wildman–Crippen LogP) is 4.70. The number of ether oxygens (including phenoxy) is 2. The molecule has 148 valence electrons. The van der Waals surface area contributed by atoms with Crippen molar-refractivity contribution in [2.75, 3.05) is 6.61 Å². The lowest BCUT2D eigenvalue weighted by molar-refractivity contribution is -0.157. The average Bonchev–Trinajstić information content (AvgIpc) is 3.01.